The maximum absolute atomic E-state index is 12.0. The zero-order chi connectivity index (χ0) is 25.5. The molecule has 2 aromatic heterocycles. The minimum Gasteiger partial charge on any atom is -0.387 e. The van der Waals surface area contributed by atoms with Crippen LogP contribution in [0.15, 0.2) is 11.1 Å². The number of fused-ring (bicyclic) bond motifs is 1. The van der Waals surface area contributed by atoms with Gasteiger partial charge >= 0.3 is 23.2 Å². The van der Waals surface area contributed by atoms with Gasteiger partial charge in [0, 0.05) is 0 Å². The Labute approximate surface area is 189 Å². The van der Waals surface area contributed by atoms with Gasteiger partial charge in [0.2, 0.25) is 5.95 Å². The molecule has 188 valence electrons. The highest BCUT2D eigenvalue weighted by Crippen LogP contribution is 2.67. The number of H-pyrrole nitrogens is 1. The zero-order valence-electron chi connectivity index (χ0n) is 16.6. The van der Waals surface area contributed by atoms with Gasteiger partial charge in [-0.15, -0.1) is 6.42 Å². The van der Waals surface area contributed by atoms with Gasteiger partial charge in [-0.3, -0.25) is 23.4 Å². The van der Waals surface area contributed by atoms with Crippen LogP contribution in [0.3, 0.4) is 0 Å². The number of aliphatic hydroxyl groups excluding tert-OH is 2. The van der Waals surface area contributed by atoms with Crippen molar-refractivity contribution in [3.63, 3.8) is 0 Å². The van der Waals surface area contributed by atoms with Crippen LogP contribution in [0, 0.1) is 12.3 Å². The second kappa shape index (κ2) is 9.59. The van der Waals surface area contributed by atoms with Crippen molar-refractivity contribution in [2.75, 3.05) is 18.5 Å². The van der Waals surface area contributed by atoms with E-state index >= 15 is 0 Å². The van der Waals surface area contributed by atoms with Gasteiger partial charge in [0.15, 0.2) is 17.4 Å². The Hall–Kier alpha value is -1.96. The summed E-state index contributed by atoms with van der Waals surface area (Å²) in [5.74, 6) is 1.44. The molecule has 1 aliphatic rings. The lowest BCUT2D eigenvalue weighted by molar-refractivity contribution is -0.0503. The number of terminal acetylenes is 1. The maximum atomic E-state index is 12.0. The molecule has 1 fully saturated rings. The van der Waals surface area contributed by atoms with Crippen molar-refractivity contribution in [1.29, 1.82) is 0 Å². The fourth-order valence-electron chi connectivity index (χ4n) is 2.87. The molecule has 8 N–H and O–H groups in total. The average molecular weight is 545 g/mol. The van der Waals surface area contributed by atoms with Crippen molar-refractivity contribution in [1.82, 2.24) is 19.5 Å². The van der Waals surface area contributed by atoms with Crippen molar-refractivity contribution in [2.24, 2.45) is 0 Å². The topological polar surface area (TPSA) is 279 Å². The van der Waals surface area contributed by atoms with Gasteiger partial charge in [0.1, 0.15) is 24.5 Å². The number of aromatic amines is 1. The number of nitrogens with one attached hydrogen (secondary N) is 1. The number of nitrogen functional groups attached to an aromatic ring is 1. The van der Waals surface area contributed by atoms with Gasteiger partial charge in [-0.1, -0.05) is 5.92 Å². The number of nitrogens with two attached hydrogens (primary N) is 1. The maximum Gasteiger partial charge on any atom is 0.488 e. The summed E-state index contributed by atoms with van der Waals surface area (Å²) in [7, 11) is -15.9. The van der Waals surface area contributed by atoms with E-state index in [0.717, 1.165) is 10.9 Å². The van der Waals surface area contributed by atoms with E-state index < -0.39 is 66.1 Å². The zero-order valence-corrected chi connectivity index (χ0v) is 19.3. The standard InChI is InChI=1S/C13H18N5O13P3/c1-2-3-32(22,23)30-34(26,27)31-33(24,25)28-4-6-8(19)9(20)12(29-6)18-5-15-7-10(18)16-13(14)17-11(7)21/h1,5-6,8-9,12,19-20H,3-4H2,(H,22,23)(H,24,25)(H,26,27)(H3,14,16,17,21). The minimum absolute atomic E-state index is 0.103. The number of phosphoric ester groups is 1. The summed E-state index contributed by atoms with van der Waals surface area (Å²) in [6, 6.07) is 0. The van der Waals surface area contributed by atoms with Crippen LogP contribution in [-0.4, -0.2) is 75.5 Å². The second-order valence-corrected chi connectivity index (χ2v) is 11.7. The summed E-state index contributed by atoms with van der Waals surface area (Å²) < 4.78 is 54.0. The number of nitrogens with zero attached hydrogens (tertiary/aromatic N) is 3. The molecule has 34 heavy (non-hydrogen) atoms. The monoisotopic (exact) mass is 545 g/mol. The molecule has 0 aromatic carbocycles. The number of ether oxygens (including phenoxy) is 1. The van der Waals surface area contributed by atoms with Gasteiger partial charge in [0.05, 0.1) is 12.9 Å². The predicted molar refractivity (Wildman–Crippen MR) is 110 cm³/mol. The lowest BCUT2D eigenvalue weighted by Crippen LogP contribution is -2.33. The summed E-state index contributed by atoms with van der Waals surface area (Å²) in [6.45, 7) is -0.980. The third kappa shape index (κ3) is 5.99. The van der Waals surface area contributed by atoms with Gasteiger partial charge < -0.3 is 35.4 Å². The number of aliphatic hydroxyl groups is 2. The first-order valence-electron chi connectivity index (χ1n) is 8.87. The Morgan fingerprint density at radius 3 is 2.53 bits per heavy atom. The van der Waals surface area contributed by atoms with Crippen LogP contribution in [0.2, 0.25) is 0 Å². The highest BCUT2D eigenvalue weighted by molar-refractivity contribution is 7.68. The Bertz CT molecular complexity index is 1320. The highest BCUT2D eigenvalue weighted by Gasteiger charge is 2.47. The van der Waals surface area contributed by atoms with E-state index in [2.05, 4.69) is 28.1 Å². The molecule has 1 aliphatic heterocycles. The van der Waals surface area contributed by atoms with E-state index in [-0.39, 0.29) is 17.1 Å². The molecular formula is C13H18N5O13P3. The molecule has 3 heterocycles. The number of phosphoric acid groups is 2. The minimum atomic E-state index is -5.61. The number of hydrogen-bond donors (Lipinski definition) is 7. The molecule has 2 aromatic rings. The van der Waals surface area contributed by atoms with Crippen molar-refractivity contribution in [2.45, 2.75) is 24.5 Å². The van der Waals surface area contributed by atoms with Crippen LogP contribution in [0.25, 0.3) is 11.2 Å². The molecule has 21 heteroatoms. The van der Waals surface area contributed by atoms with Crippen LogP contribution in [0.4, 0.5) is 5.95 Å². The largest absolute Gasteiger partial charge is 0.488 e. The Morgan fingerprint density at radius 2 is 1.88 bits per heavy atom. The van der Waals surface area contributed by atoms with E-state index in [1.54, 1.807) is 5.92 Å². The Morgan fingerprint density at radius 1 is 1.21 bits per heavy atom. The van der Waals surface area contributed by atoms with Crippen molar-refractivity contribution in [3.8, 4) is 12.3 Å². The Kier molecular flexibility index (Phi) is 7.52. The third-order valence-electron chi connectivity index (χ3n) is 4.19. The molecular weight excluding hydrogens is 527 g/mol. The first kappa shape index (κ1) is 26.6. The van der Waals surface area contributed by atoms with Gasteiger partial charge in [-0.05, 0) is 0 Å². The average Bonchev–Trinajstić information content (AvgIpc) is 3.20. The highest BCUT2D eigenvalue weighted by atomic mass is 31.3. The molecule has 0 spiro atoms. The van der Waals surface area contributed by atoms with E-state index in [1.807, 2.05) is 0 Å². The van der Waals surface area contributed by atoms with E-state index in [1.165, 1.54) is 0 Å². The predicted octanol–water partition coefficient (Wildman–Crippen LogP) is -1.61. The molecule has 3 rings (SSSR count). The molecule has 1 saturated heterocycles. The molecule has 18 nitrogen and oxygen atoms in total. The van der Waals surface area contributed by atoms with E-state index in [9.17, 15) is 43.4 Å². The first-order valence-corrected chi connectivity index (χ1v) is 13.6. The summed E-state index contributed by atoms with van der Waals surface area (Å²) in [5.41, 5.74) is 4.55. The first-order chi connectivity index (χ1) is 15.6. The van der Waals surface area contributed by atoms with Crippen molar-refractivity contribution in [3.05, 3.63) is 16.7 Å². The van der Waals surface area contributed by atoms with Gasteiger partial charge in [-0.25, -0.2) is 18.4 Å². The number of aromatic nitrogens is 4. The molecule has 7 atom stereocenters. The molecule has 0 saturated carbocycles. The lowest BCUT2D eigenvalue weighted by atomic mass is 10.1. The van der Waals surface area contributed by atoms with Crippen LogP contribution < -0.4 is 11.3 Å². The third-order valence-corrected chi connectivity index (χ3v) is 8.75. The molecule has 0 radical (unpaired) electrons. The van der Waals surface area contributed by atoms with Crippen LogP contribution in [0.1, 0.15) is 6.23 Å². The summed E-state index contributed by atoms with van der Waals surface area (Å²) in [6.07, 6.45) is -1.44. The normalized spacial score (nSPS) is 28.1. The van der Waals surface area contributed by atoms with Gasteiger partial charge in [-0.2, -0.15) is 9.29 Å². The number of hydrogen-bond acceptors (Lipinski definition) is 13. The van der Waals surface area contributed by atoms with Crippen LogP contribution >= 0.6 is 23.2 Å². The van der Waals surface area contributed by atoms with Crippen molar-refractivity contribution >= 4 is 40.4 Å². The fraction of sp³-hybridized carbons (Fsp3) is 0.462. The molecule has 0 aliphatic carbocycles. The second-order valence-electron chi connectivity index (χ2n) is 6.72. The summed E-state index contributed by atoms with van der Waals surface area (Å²) in [4.78, 5) is 50.2. The summed E-state index contributed by atoms with van der Waals surface area (Å²) in [5, 5.41) is 20.5. The fourth-order valence-corrected chi connectivity index (χ4v) is 6.57. The van der Waals surface area contributed by atoms with E-state index in [4.69, 9.17) is 16.9 Å². The molecule has 0 amide bonds. The van der Waals surface area contributed by atoms with Crippen LogP contribution in [-0.2, 0) is 31.6 Å². The molecule has 7 unspecified atom stereocenters. The molecule has 0 bridgehead atoms. The lowest BCUT2D eigenvalue weighted by Gasteiger charge is -2.20. The van der Waals surface area contributed by atoms with Crippen LogP contribution in [0.5, 0.6) is 0 Å². The quantitative estimate of drug-likeness (QED) is 0.138. The smallest absolute Gasteiger partial charge is 0.387 e. The van der Waals surface area contributed by atoms with E-state index in [0.29, 0.717) is 0 Å². The van der Waals surface area contributed by atoms with Crippen molar-refractivity contribution < 1.29 is 56.5 Å². The SMILES string of the molecule is C#CCP(=O)(O)OP(=O)(O)OP(=O)(O)OCC1OC(n2cnc3c(=O)[nH]c(N)nc32)C(O)C1O. The number of imidazole rings is 1. The number of rotatable bonds is 9. The van der Waals surface area contributed by atoms with Gasteiger partial charge in [0.25, 0.3) is 5.56 Å². The summed E-state index contributed by atoms with van der Waals surface area (Å²) >= 11 is 0. The number of anilines is 1. The Balaban J connectivity index is 1.70.